The molecule has 0 atom stereocenters. The molecular formula is C20H24ClN3O. The molecule has 0 unspecified atom stereocenters. The first kappa shape index (κ1) is 17.8. The number of aryl methyl sites for hydroxylation is 1. The van der Waals surface area contributed by atoms with Gasteiger partial charge in [0.25, 0.3) is 0 Å². The molecule has 1 fully saturated rings. The lowest BCUT2D eigenvalue weighted by Crippen LogP contribution is -2.49. The summed E-state index contributed by atoms with van der Waals surface area (Å²) >= 11 is 6.24. The van der Waals surface area contributed by atoms with Crippen LogP contribution in [0, 0.1) is 0 Å². The molecule has 0 radical (unpaired) electrons. The Labute approximate surface area is 154 Å². The van der Waals surface area contributed by atoms with Gasteiger partial charge in [0.1, 0.15) is 0 Å². The molecule has 2 amide bonds. The number of para-hydroxylation sites is 1. The summed E-state index contributed by atoms with van der Waals surface area (Å²) < 4.78 is 0. The number of rotatable bonds is 4. The van der Waals surface area contributed by atoms with Crippen LogP contribution in [0.4, 0.5) is 10.5 Å². The summed E-state index contributed by atoms with van der Waals surface area (Å²) in [5.41, 5.74) is 3.21. The summed E-state index contributed by atoms with van der Waals surface area (Å²) in [6.07, 6.45) is 0.905. The zero-order chi connectivity index (χ0) is 17.6. The summed E-state index contributed by atoms with van der Waals surface area (Å²) in [6.45, 7) is 6.09. The van der Waals surface area contributed by atoms with Crippen LogP contribution in [-0.4, -0.2) is 42.0 Å². The number of nitrogens with zero attached hydrogens (tertiary/aromatic N) is 2. The van der Waals surface area contributed by atoms with Gasteiger partial charge in [0.15, 0.2) is 0 Å². The molecule has 0 bridgehead atoms. The second-order valence-electron chi connectivity index (χ2n) is 6.30. The predicted molar refractivity (Wildman–Crippen MR) is 103 cm³/mol. The smallest absolute Gasteiger partial charge is 0.321 e. The molecule has 1 aliphatic rings. The van der Waals surface area contributed by atoms with Gasteiger partial charge in [-0.2, -0.15) is 0 Å². The number of halogens is 1. The van der Waals surface area contributed by atoms with Crippen LogP contribution in [0.3, 0.4) is 0 Å². The molecule has 2 aromatic rings. The van der Waals surface area contributed by atoms with Crippen LogP contribution in [0.5, 0.6) is 0 Å². The van der Waals surface area contributed by atoms with Crippen LogP contribution in [0.2, 0.25) is 5.02 Å². The lowest BCUT2D eigenvalue weighted by atomic mass is 10.1. The number of nitrogens with one attached hydrogen (secondary N) is 1. The first-order valence-electron chi connectivity index (χ1n) is 8.77. The number of urea groups is 1. The molecule has 132 valence electrons. The number of anilines is 1. The van der Waals surface area contributed by atoms with Crippen molar-refractivity contribution in [2.24, 2.45) is 0 Å². The first-order chi connectivity index (χ1) is 12.2. The molecule has 5 heteroatoms. The Balaban J connectivity index is 1.53. The van der Waals surface area contributed by atoms with Gasteiger partial charge in [-0.25, -0.2) is 4.79 Å². The van der Waals surface area contributed by atoms with E-state index >= 15 is 0 Å². The highest BCUT2D eigenvalue weighted by Crippen LogP contribution is 2.19. The fourth-order valence-corrected chi connectivity index (χ4v) is 3.32. The van der Waals surface area contributed by atoms with Gasteiger partial charge < -0.3 is 10.2 Å². The third-order valence-electron chi connectivity index (χ3n) is 4.65. The fourth-order valence-electron chi connectivity index (χ4n) is 3.12. The van der Waals surface area contributed by atoms with E-state index in [-0.39, 0.29) is 6.03 Å². The summed E-state index contributed by atoms with van der Waals surface area (Å²) in [5.74, 6) is 0. The van der Waals surface area contributed by atoms with E-state index in [0.29, 0.717) is 0 Å². The van der Waals surface area contributed by atoms with Crippen molar-refractivity contribution in [3.05, 3.63) is 64.7 Å². The standard InChI is InChI=1S/C20H24ClN3O/c1-2-16-7-4-6-10-19(16)22-20(25)24-13-11-23(12-14-24)15-17-8-3-5-9-18(17)21/h3-10H,2,11-15H2,1H3,(H,22,25). The van der Waals surface area contributed by atoms with Crippen LogP contribution in [0.1, 0.15) is 18.1 Å². The van der Waals surface area contributed by atoms with Crippen molar-refractivity contribution in [3.63, 3.8) is 0 Å². The molecule has 1 heterocycles. The van der Waals surface area contributed by atoms with Gasteiger partial charge in [0.2, 0.25) is 0 Å². The van der Waals surface area contributed by atoms with Crippen LogP contribution in [-0.2, 0) is 13.0 Å². The molecule has 1 N–H and O–H groups in total. The Morgan fingerprint density at radius 2 is 1.64 bits per heavy atom. The number of carbonyl (C=O) groups is 1. The quantitative estimate of drug-likeness (QED) is 0.887. The molecule has 3 rings (SSSR count). The summed E-state index contributed by atoms with van der Waals surface area (Å²) in [4.78, 5) is 16.8. The van der Waals surface area contributed by atoms with E-state index in [0.717, 1.165) is 61.0 Å². The molecule has 1 aliphatic heterocycles. The van der Waals surface area contributed by atoms with E-state index in [1.165, 1.54) is 0 Å². The Morgan fingerprint density at radius 3 is 2.32 bits per heavy atom. The van der Waals surface area contributed by atoms with Crippen molar-refractivity contribution in [1.82, 2.24) is 9.80 Å². The van der Waals surface area contributed by atoms with Gasteiger partial charge in [0.05, 0.1) is 0 Å². The zero-order valence-electron chi connectivity index (χ0n) is 14.5. The number of benzene rings is 2. The van der Waals surface area contributed by atoms with Crippen molar-refractivity contribution in [3.8, 4) is 0 Å². The number of piperazine rings is 1. The molecule has 0 spiro atoms. The Morgan fingerprint density at radius 1 is 1.00 bits per heavy atom. The van der Waals surface area contributed by atoms with Crippen molar-refractivity contribution >= 4 is 23.3 Å². The molecule has 0 aliphatic carbocycles. The van der Waals surface area contributed by atoms with Gasteiger partial charge in [-0.1, -0.05) is 54.9 Å². The van der Waals surface area contributed by atoms with E-state index in [1.807, 2.05) is 41.3 Å². The molecular weight excluding hydrogens is 334 g/mol. The van der Waals surface area contributed by atoms with Gasteiger partial charge in [-0.3, -0.25) is 4.90 Å². The van der Waals surface area contributed by atoms with E-state index in [2.05, 4.69) is 29.3 Å². The number of amides is 2. The van der Waals surface area contributed by atoms with Crippen molar-refractivity contribution in [2.75, 3.05) is 31.5 Å². The third kappa shape index (κ3) is 4.53. The molecule has 0 saturated carbocycles. The van der Waals surface area contributed by atoms with Crippen molar-refractivity contribution in [1.29, 1.82) is 0 Å². The highest BCUT2D eigenvalue weighted by molar-refractivity contribution is 6.31. The molecule has 25 heavy (non-hydrogen) atoms. The third-order valence-corrected chi connectivity index (χ3v) is 5.02. The molecule has 4 nitrogen and oxygen atoms in total. The van der Waals surface area contributed by atoms with E-state index in [1.54, 1.807) is 0 Å². The summed E-state index contributed by atoms with van der Waals surface area (Å²) in [5, 5.41) is 3.86. The predicted octanol–water partition coefficient (Wildman–Crippen LogP) is 4.25. The first-order valence-corrected chi connectivity index (χ1v) is 9.14. The number of carbonyl (C=O) groups excluding carboxylic acids is 1. The van der Waals surface area contributed by atoms with Gasteiger partial charge in [-0.15, -0.1) is 0 Å². The zero-order valence-corrected chi connectivity index (χ0v) is 15.3. The second kappa shape index (κ2) is 8.37. The van der Waals surface area contributed by atoms with Crippen LogP contribution in [0.25, 0.3) is 0 Å². The average Bonchev–Trinajstić information content (AvgIpc) is 2.64. The maximum atomic E-state index is 12.5. The Bertz CT molecular complexity index is 726. The monoisotopic (exact) mass is 357 g/mol. The highest BCUT2D eigenvalue weighted by Gasteiger charge is 2.22. The maximum absolute atomic E-state index is 12.5. The largest absolute Gasteiger partial charge is 0.322 e. The number of hydrogen-bond acceptors (Lipinski definition) is 2. The van der Waals surface area contributed by atoms with E-state index in [9.17, 15) is 4.79 Å². The Kier molecular flexibility index (Phi) is 5.95. The minimum absolute atomic E-state index is 0.0155. The molecule has 1 saturated heterocycles. The average molecular weight is 358 g/mol. The molecule has 0 aromatic heterocycles. The van der Waals surface area contributed by atoms with Gasteiger partial charge >= 0.3 is 6.03 Å². The summed E-state index contributed by atoms with van der Waals surface area (Å²) in [7, 11) is 0. The van der Waals surface area contributed by atoms with Gasteiger partial charge in [-0.05, 0) is 29.7 Å². The topological polar surface area (TPSA) is 35.6 Å². The Hall–Kier alpha value is -2.04. The number of hydrogen-bond donors (Lipinski definition) is 1. The summed E-state index contributed by atoms with van der Waals surface area (Å²) in [6, 6.07) is 15.9. The minimum Gasteiger partial charge on any atom is -0.322 e. The van der Waals surface area contributed by atoms with Crippen LogP contribution < -0.4 is 5.32 Å². The normalized spacial score (nSPS) is 15.2. The van der Waals surface area contributed by atoms with E-state index < -0.39 is 0 Å². The van der Waals surface area contributed by atoms with Crippen LogP contribution in [0.15, 0.2) is 48.5 Å². The maximum Gasteiger partial charge on any atom is 0.321 e. The van der Waals surface area contributed by atoms with Crippen LogP contribution >= 0.6 is 11.6 Å². The highest BCUT2D eigenvalue weighted by atomic mass is 35.5. The lowest BCUT2D eigenvalue weighted by molar-refractivity contribution is 0.143. The fraction of sp³-hybridized carbons (Fsp3) is 0.350. The lowest BCUT2D eigenvalue weighted by Gasteiger charge is -2.35. The van der Waals surface area contributed by atoms with Crippen molar-refractivity contribution in [2.45, 2.75) is 19.9 Å². The minimum atomic E-state index is -0.0155. The van der Waals surface area contributed by atoms with Gasteiger partial charge in [0, 0.05) is 43.4 Å². The molecule has 2 aromatic carbocycles. The van der Waals surface area contributed by atoms with Crippen molar-refractivity contribution < 1.29 is 4.79 Å². The second-order valence-corrected chi connectivity index (χ2v) is 6.70. The SMILES string of the molecule is CCc1ccccc1NC(=O)N1CCN(Cc2ccccc2Cl)CC1. The van der Waals surface area contributed by atoms with E-state index in [4.69, 9.17) is 11.6 Å².